The van der Waals surface area contributed by atoms with Gasteiger partial charge in [0.15, 0.2) is 0 Å². The first-order valence-corrected chi connectivity index (χ1v) is 7.34. The number of carbonyl (C=O) groups is 2. The van der Waals surface area contributed by atoms with Crippen molar-refractivity contribution in [2.24, 2.45) is 5.73 Å². The maximum Gasteiger partial charge on any atom is 0.344 e. The summed E-state index contributed by atoms with van der Waals surface area (Å²) in [6.45, 7) is 0. The summed E-state index contributed by atoms with van der Waals surface area (Å²) in [5.41, 5.74) is 12.5. The van der Waals surface area contributed by atoms with Gasteiger partial charge < -0.3 is 33.3 Å². The molecule has 0 aromatic heterocycles. The molecule has 0 spiro atoms. The molecule has 2 aromatic carbocycles. The molecule has 0 aliphatic heterocycles. The summed E-state index contributed by atoms with van der Waals surface area (Å²) in [6.07, 6.45) is 0. The van der Waals surface area contributed by atoms with Crippen molar-refractivity contribution in [3.8, 4) is 11.5 Å². The number of nitrogen functional groups attached to an aromatic ring is 1. The Balaban J connectivity index is 0.000000527. The molecule has 0 bridgehead atoms. The van der Waals surface area contributed by atoms with Crippen molar-refractivity contribution in [2.75, 3.05) is 20.0 Å². The Morgan fingerprint density at radius 3 is 1.93 bits per heavy atom. The number of hydrogen-bond acceptors (Lipinski definition) is 7. The lowest BCUT2D eigenvalue weighted by molar-refractivity contribution is -0.387. The van der Waals surface area contributed by atoms with Crippen molar-refractivity contribution in [1.82, 2.24) is 0 Å². The Bertz CT molecular complexity index is 942. The number of nitrogens with zero attached hydrogens (tertiary/aromatic N) is 1. The van der Waals surface area contributed by atoms with Crippen LogP contribution >= 0.6 is 0 Å². The quantitative estimate of drug-likeness (QED) is 0.268. The number of nitro groups is 1. The first-order valence-electron chi connectivity index (χ1n) is 7.34. The van der Waals surface area contributed by atoms with E-state index in [1.54, 1.807) is 0 Å². The van der Waals surface area contributed by atoms with Gasteiger partial charge in [-0.15, -0.1) is 0 Å². The number of benzene rings is 2. The SMILES string of the molecule is COc1cc(F)c(N)cc1C([NH3+])=O.COc1cc(F)c([N+](=O)[O-])cc1C(N)=O.[Cl-]. The fourth-order valence-corrected chi connectivity index (χ4v) is 2.00. The molecular weight excluding hydrogens is 418 g/mol. The van der Waals surface area contributed by atoms with E-state index >= 15 is 0 Å². The summed E-state index contributed by atoms with van der Waals surface area (Å²) in [5.74, 6) is -3.06. The maximum absolute atomic E-state index is 13.1. The maximum atomic E-state index is 13.1. The number of methoxy groups -OCH3 is 2. The van der Waals surface area contributed by atoms with E-state index in [-0.39, 0.29) is 40.7 Å². The van der Waals surface area contributed by atoms with E-state index in [2.05, 4.69) is 10.5 Å². The number of primary amides is 1. The molecule has 0 unspecified atom stereocenters. The molecule has 0 saturated heterocycles. The highest BCUT2D eigenvalue weighted by atomic mass is 35.5. The van der Waals surface area contributed by atoms with Gasteiger partial charge in [0.25, 0.3) is 5.91 Å². The van der Waals surface area contributed by atoms with E-state index in [1.165, 1.54) is 20.3 Å². The highest BCUT2D eigenvalue weighted by Gasteiger charge is 2.21. The monoisotopic (exact) mass is 434 g/mol. The Morgan fingerprint density at radius 2 is 1.52 bits per heavy atom. The van der Waals surface area contributed by atoms with Crippen molar-refractivity contribution in [2.45, 2.75) is 0 Å². The first-order chi connectivity index (χ1) is 13.0. The van der Waals surface area contributed by atoms with Crippen molar-refractivity contribution in [3.05, 3.63) is 57.1 Å². The van der Waals surface area contributed by atoms with Crippen LogP contribution in [0.15, 0.2) is 24.3 Å². The number of quaternary nitrogens is 1. The summed E-state index contributed by atoms with van der Waals surface area (Å²) >= 11 is 0. The van der Waals surface area contributed by atoms with Crippen LogP contribution < -0.4 is 39.1 Å². The minimum atomic E-state index is -1.08. The molecule has 0 atom stereocenters. The number of amides is 2. The Kier molecular flexibility index (Phi) is 9.43. The molecule has 0 heterocycles. The molecule has 13 heteroatoms. The van der Waals surface area contributed by atoms with Crippen molar-refractivity contribution in [1.29, 1.82) is 0 Å². The topological polar surface area (TPSA) is 175 Å². The van der Waals surface area contributed by atoms with Crippen LogP contribution in [0.3, 0.4) is 0 Å². The van der Waals surface area contributed by atoms with Gasteiger partial charge in [-0.25, -0.2) is 9.18 Å². The van der Waals surface area contributed by atoms with Gasteiger partial charge in [-0.05, 0) is 6.07 Å². The van der Waals surface area contributed by atoms with E-state index in [1.807, 2.05) is 0 Å². The van der Waals surface area contributed by atoms with Gasteiger partial charge in [0.05, 0.1) is 30.4 Å². The molecule has 2 rings (SSSR count). The van der Waals surface area contributed by atoms with Gasteiger partial charge in [0, 0.05) is 18.2 Å². The van der Waals surface area contributed by atoms with E-state index in [9.17, 15) is 28.5 Å². The molecule has 7 N–H and O–H groups in total. The van der Waals surface area contributed by atoms with Crippen molar-refractivity contribution in [3.63, 3.8) is 0 Å². The standard InChI is InChI=1S/C8H7FN2O4.C8H9FN2O2.ClH/c1-15-7-3-5(9)6(11(13)14)2-4(7)8(10)12;1-13-7-3-5(9)6(10)2-4(7)8(11)12;/h2-3H,1H3,(H2,10,12);2-3H,10H2,1H3,(H2,11,12);1H. The van der Waals surface area contributed by atoms with E-state index in [4.69, 9.17) is 16.2 Å². The summed E-state index contributed by atoms with van der Waals surface area (Å²) in [5, 5.41) is 10.4. The molecule has 0 radical (unpaired) electrons. The lowest BCUT2D eigenvalue weighted by Crippen LogP contribution is -3.00. The summed E-state index contributed by atoms with van der Waals surface area (Å²) in [4.78, 5) is 31.2. The molecule has 29 heavy (non-hydrogen) atoms. The fraction of sp³-hybridized carbons (Fsp3) is 0.125. The summed E-state index contributed by atoms with van der Waals surface area (Å²) in [7, 11) is 2.55. The molecule has 2 aromatic rings. The third-order valence-electron chi connectivity index (χ3n) is 3.35. The predicted molar refractivity (Wildman–Crippen MR) is 92.7 cm³/mol. The largest absolute Gasteiger partial charge is 1.00 e. The van der Waals surface area contributed by atoms with Gasteiger partial charge in [0.1, 0.15) is 22.9 Å². The van der Waals surface area contributed by atoms with Crippen LogP contribution in [0, 0.1) is 21.7 Å². The van der Waals surface area contributed by atoms with E-state index in [0.717, 1.165) is 18.2 Å². The summed E-state index contributed by atoms with van der Waals surface area (Å²) in [6, 6.07) is 3.77. The lowest BCUT2D eigenvalue weighted by Gasteiger charge is -2.05. The van der Waals surface area contributed by atoms with Crippen LogP contribution in [-0.2, 0) is 0 Å². The molecule has 0 saturated carbocycles. The second-order valence-corrected chi connectivity index (χ2v) is 5.12. The number of anilines is 1. The molecular formula is C16H17ClF2N4O6. The molecule has 2 amide bonds. The smallest absolute Gasteiger partial charge is 0.344 e. The van der Waals surface area contributed by atoms with Crippen LogP contribution in [0.5, 0.6) is 11.5 Å². The Morgan fingerprint density at radius 1 is 1.03 bits per heavy atom. The second kappa shape index (κ2) is 10.7. The molecule has 0 aliphatic carbocycles. The Hall–Kier alpha value is -3.51. The minimum absolute atomic E-state index is 0. The lowest BCUT2D eigenvalue weighted by atomic mass is 10.1. The highest BCUT2D eigenvalue weighted by Crippen LogP contribution is 2.27. The molecule has 0 fully saturated rings. The molecule has 158 valence electrons. The number of nitro benzene ring substituents is 1. The predicted octanol–water partition coefficient (Wildman–Crippen LogP) is -2.36. The van der Waals surface area contributed by atoms with Gasteiger partial charge in [-0.3, -0.25) is 20.6 Å². The van der Waals surface area contributed by atoms with Crippen LogP contribution in [0.25, 0.3) is 0 Å². The number of rotatable bonds is 5. The summed E-state index contributed by atoms with van der Waals surface area (Å²) < 4.78 is 35.4. The van der Waals surface area contributed by atoms with Gasteiger partial charge >= 0.3 is 11.6 Å². The fourth-order valence-electron chi connectivity index (χ4n) is 2.00. The molecule has 10 nitrogen and oxygen atoms in total. The number of halogens is 3. The van der Waals surface area contributed by atoms with E-state index < -0.39 is 34.1 Å². The zero-order valence-corrected chi connectivity index (χ0v) is 16.0. The zero-order valence-electron chi connectivity index (χ0n) is 15.2. The Labute approximate surface area is 169 Å². The van der Waals surface area contributed by atoms with Gasteiger partial charge in [0.2, 0.25) is 5.82 Å². The number of ether oxygens (including phenoxy) is 2. The van der Waals surface area contributed by atoms with E-state index in [0.29, 0.717) is 0 Å². The van der Waals surface area contributed by atoms with Crippen LogP contribution in [0.1, 0.15) is 20.7 Å². The van der Waals surface area contributed by atoms with Gasteiger partial charge in [-0.2, -0.15) is 4.39 Å². The molecule has 0 aliphatic rings. The van der Waals surface area contributed by atoms with Crippen molar-refractivity contribution >= 4 is 23.2 Å². The number of hydrogen-bond donors (Lipinski definition) is 3. The zero-order chi connectivity index (χ0) is 21.6. The van der Waals surface area contributed by atoms with Crippen LogP contribution in [0.4, 0.5) is 20.2 Å². The number of carbonyl (C=O) groups excluding carboxylic acids is 2. The third kappa shape index (κ3) is 6.26. The van der Waals surface area contributed by atoms with Crippen LogP contribution in [-0.4, -0.2) is 31.0 Å². The minimum Gasteiger partial charge on any atom is -1.00 e. The number of nitrogens with two attached hydrogens (primary N) is 2. The van der Waals surface area contributed by atoms with Crippen molar-refractivity contribution < 1.29 is 50.9 Å². The first kappa shape index (κ1) is 25.5. The average Bonchev–Trinajstić information content (AvgIpc) is 2.62. The van der Waals surface area contributed by atoms with Gasteiger partial charge in [-0.1, -0.05) is 0 Å². The third-order valence-corrected chi connectivity index (χ3v) is 3.35. The second-order valence-electron chi connectivity index (χ2n) is 5.12. The van der Waals surface area contributed by atoms with Crippen LogP contribution in [0.2, 0.25) is 0 Å². The highest BCUT2D eigenvalue weighted by molar-refractivity contribution is 5.96. The normalized spacial score (nSPS) is 9.41. The average molecular weight is 435 g/mol.